The summed E-state index contributed by atoms with van der Waals surface area (Å²) in [6.45, 7) is 2.10. The fourth-order valence-electron chi connectivity index (χ4n) is 1.61. The summed E-state index contributed by atoms with van der Waals surface area (Å²) in [7, 11) is 0. The van der Waals surface area contributed by atoms with Crippen LogP contribution in [0.4, 0.5) is 0 Å². The number of pyridine rings is 1. The molecule has 0 amide bonds. The van der Waals surface area contributed by atoms with Crippen molar-refractivity contribution < 1.29 is 5.11 Å². The van der Waals surface area contributed by atoms with Gasteiger partial charge in [-0.1, -0.05) is 11.6 Å². The number of nitriles is 1. The van der Waals surface area contributed by atoms with E-state index in [-0.39, 0.29) is 6.61 Å². The zero-order valence-electron chi connectivity index (χ0n) is 9.47. The third-order valence-corrected chi connectivity index (χ3v) is 3.36. The first-order valence-electron chi connectivity index (χ1n) is 5.30. The van der Waals surface area contributed by atoms with Crippen molar-refractivity contribution in [2.75, 3.05) is 12.4 Å². The Morgan fingerprint density at radius 1 is 1.41 bits per heavy atom. The maximum Gasteiger partial charge on any atom is 0.115 e. The fourth-order valence-corrected chi connectivity index (χ4v) is 2.32. The first-order chi connectivity index (χ1) is 8.24. The van der Waals surface area contributed by atoms with Gasteiger partial charge in [-0.15, -0.1) is 11.8 Å². The Morgan fingerprint density at radius 2 is 2.24 bits per heavy atom. The lowest BCUT2D eigenvalue weighted by atomic mass is 10.1. The lowest BCUT2D eigenvalue weighted by Gasteiger charge is -2.05. The summed E-state index contributed by atoms with van der Waals surface area (Å²) in [4.78, 5) is 4.45. The topological polar surface area (TPSA) is 56.9 Å². The van der Waals surface area contributed by atoms with E-state index in [1.165, 1.54) is 11.8 Å². The van der Waals surface area contributed by atoms with Crippen molar-refractivity contribution in [2.24, 2.45) is 0 Å². The summed E-state index contributed by atoms with van der Waals surface area (Å²) >= 11 is 1.41. The van der Waals surface area contributed by atoms with Crippen LogP contribution >= 0.6 is 11.8 Å². The van der Waals surface area contributed by atoms with Crippen molar-refractivity contribution in [3.63, 3.8) is 0 Å². The Labute approximate surface area is 104 Å². The number of aliphatic hydroxyl groups is 1. The van der Waals surface area contributed by atoms with Crippen LogP contribution in [-0.2, 0) is 0 Å². The summed E-state index contributed by atoms with van der Waals surface area (Å²) in [5.74, 6) is 0.555. The second-order valence-electron chi connectivity index (χ2n) is 3.72. The van der Waals surface area contributed by atoms with Crippen molar-refractivity contribution in [3.05, 3.63) is 35.4 Å². The lowest BCUT2D eigenvalue weighted by Crippen LogP contribution is -1.93. The molecule has 0 fully saturated rings. The normalized spacial score (nSPS) is 10.4. The maximum absolute atomic E-state index is 9.08. The van der Waals surface area contributed by atoms with Gasteiger partial charge >= 0.3 is 0 Å². The summed E-state index contributed by atoms with van der Waals surface area (Å²) in [5, 5.41) is 19.6. The molecule has 86 valence electrons. The number of thioether (sulfide) groups is 1. The van der Waals surface area contributed by atoms with Gasteiger partial charge in [-0.3, -0.25) is 0 Å². The van der Waals surface area contributed by atoms with Gasteiger partial charge in [-0.25, -0.2) is 4.98 Å². The predicted octanol–water partition coefficient (Wildman–Crippen LogP) is 2.50. The number of nitrogens with zero attached hydrogens (tertiary/aromatic N) is 2. The molecule has 0 spiro atoms. The second kappa shape index (κ2) is 5.17. The molecule has 0 unspecified atom stereocenters. The van der Waals surface area contributed by atoms with Crippen molar-refractivity contribution >= 4 is 22.7 Å². The van der Waals surface area contributed by atoms with E-state index < -0.39 is 0 Å². The molecule has 0 aliphatic rings. The molecule has 1 heterocycles. The molecule has 4 heteroatoms. The van der Waals surface area contributed by atoms with Crippen LogP contribution in [0.2, 0.25) is 0 Å². The van der Waals surface area contributed by atoms with Crippen molar-refractivity contribution in [3.8, 4) is 6.07 Å². The molecule has 0 atom stereocenters. The van der Waals surface area contributed by atoms with Crippen LogP contribution in [0.5, 0.6) is 0 Å². The number of fused-ring (bicyclic) bond motifs is 1. The van der Waals surface area contributed by atoms with Crippen molar-refractivity contribution in [2.45, 2.75) is 11.9 Å². The molecule has 2 aromatic rings. The van der Waals surface area contributed by atoms with E-state index in [9.17, 15) is 0 Å². The monoisotopic (exact) mass is 244 g/mol. The van der Waals surface area contributed by atoms with Crippen LogP contribution in [-0.4, -0.2) is 22.5 Å². The first-order valence-corrected chi connectivity index (χ1v) is 6.28. The summed E-state index contributed by atoms with van der Waals surface area (Å²) < 4.78 is 0. The smallest absolute Gasteiger partial charge is 0.115 e. The van der Waals surface area contributed by atoms with E-state index in [1.807, 2.05) is 31.2 Å². The highest BCUT2D eigenvalue weighted by Gasteiger charge is 2.07. The van der Waals surface area contributed by atoms with E-state index in [0.29, 0.717) is 16.3 Å². The van der Waals surface area contributed by atoms with Crippen molar-refractivity contribution in [1.29, 1.82) is 5.26 Å². The average Bonchev–Trinajstić information content (AvgIpc) is 2.35. The van der Waals surface area contributed by atoms with Gasteiger partial charge in [0.1, 0.15) is 11.1 Å². The highest BCUT2D eigenvalue weighted by molar-refractivity contribution is 7.99. The zero-order chi connectivity index (χ0) is 12.3. The lowest BCUT2D eigenvalue weighted by molar-refractivity contribution is 0.322. The Hall–Kier alpha value is -1.57. The SMILES string of the molecule is Cc1ccc2nc(SCCO)c(C#N)cc2c1. The predicted molar refractivity (Wildman–Crippen MR) is 69.0 cm³/mol. The van der Waals surface area contributed by atoms with Gasteiger partial charge < -0.3 is 5.11 Å². The minimum atomic E-state index is 0.0865. The van der Waals surface area contributed by atoms with E-state index >= 15 is 0 Å². The Kier molecular flexibility index (Phi) is 3.62. The molecule has 0 radical (unpaired) electrons. The molecule has 0 bridgehead atoms. The Bertz CT molecular complexity index is 590. The number of hydrogen-bond donors (Lipinski definition) is 1. The van der Waals surface area contributed by atoms with Gasteiger partial charge in [-0.05, 0) is 25.1 Å². The number of benzene rings is 1. The fraction of sp³-hybridized carbons (Fsp3) is 0.231. The highest BCUT2D eigenvalue weighted by Crippen LogP contribution is 2.24. The molecule has 1 aromatic carbocycles. The zero-order valence-corrected chi connectivity index (χ0v) is 10.3. The number of aliphatic hydroxyl groups excluding tert-OH is 1. The van der Waals surface area contributed by atoms with Gasteiger partial charge in [0, 0.05) is 11.1 Å². The minimum absolute atomic E-state index is 0.0865. The molecule has 0 aliphatic heterocycles. The molecule has 1 aromatic heterocycles. The number of rotatable bonds is 3. The molecular weight excluding hydrogens is 232 g/mol. The quantitative estimate of drug-likeness (QED) is 0.843. The molecule has 17 heavy (non-hydrogen) atoms. The molecule has 3 nitrogen and oxygen atoms in total. The maximum atomic E-state index is 9.08. The van der Waals surface area contributed by atoms with Crippen LogP contribution in [0.3, 0.4) is 0 Å². The van der Waals surface area contributed by atoms with Gasteiger partial charge in [0.2, 0.25) is 0 Å². The molecule has 0 saturated carbocycles. The van der Waals surface area contributed by atoms with E-state index in [0.717, 1.165) is 16.5 Å². The highest BCUT2D eigenvalue weighted by atomic mass is 32.2. The number of aromatic nitrogens is 1. The van der Waals surface area contributed by atoms with Gasteiger partial charge in [0.15, 0.2) is 0 Å². The minimum Gasteiger partial charge on any atom is -0.396 e. The molecular formula is C13H12N2OS. The van der Waals surface area contributed by atoms with E-state index in [1.54, 1.807) is 0 Å². The van der Waals surface area contributed by atoms with Gasteiger partial charge in [0.25, 0.3) is 0 Å². The molecule has 0 saturated heterocycles. The van der Waals surface area contributed by atoms with E-state index in [2.05, 4.69) is 11.1 Å². The van der Waals surface area contributed by atoms with Crippen LogP contribution < -0.4 is 0 Å². The summed E-state index contributed by atoms with van der Waals surface area (Å²) in [5.41, 5.74) is 2.61. The van der Waals surface area contributed by atoms with Crippen LogP contribution in [0.1, 0.15) is 11.1 Å². The van der Waals surface area contributed by atoms with Crippen LogP contribution in [0.15, 0.2) is 29.3 Å². The molecule has 2 rings (SSSR count). The van der Waals surface area contributed by atoms with Gasteiger partial charge in [-0.2, -0.15) is 5.26 Å². The van der Waals surface area contributed by atoms with E-state index in [4.69, 9.17) is 10.4 Å². The van der Waals surface area contributed by atoms with Crippen molar-refractivity contribution in [1.82, 2.24) is 4.98 Å². The Morgan fingerprint density at radius 3 is 2.94 bits per heavy atom. The molecule has 1 N–H and O–H groups in total. The van der Waals surface area contributed by atoms with Crippen LogP contribution in [0.25, 0.3) is 10.9 Å². The summed E-state index contributed by atoms with van der Waals surface area (Å²) in [6.07, 6.45) is 0. The summed E-state index contributed by atoms with van der Waals surface area (Å²) in [6, 6.07) is 9.98. The second-order valence-corrected chi connectivity index (χ2v) is 4.80. The molecule has 0 aliphatic carbocycles. The first kappa shape index (κ1) is 11.9. The number of hydrogen-bond acceptors (Lipinski definition) is 4. The third kappa shape index (κ3) is 2.57. The standard InChI is InChI=1S/C13H12N2OS/c1-9-2-3-12-10(6-9)7-11(8-14)13(15-12)17-5-4-16/h2-3,6-7,16H,4-5H2,1H3. The number of aryl methyl sites for hydroxylation is 1. The Balaban J connectivity index is 2.53. The average molecular weight is 244 g/mol. The van der Waals surface area contributed by atoms with Crippen LogP contribution in [0, 0.1) is 18.3 Å². The largest absolute Gasteiger partial charge is 0.396 e. The van der Waals surface area contributed by atoms with Gasteiger partial charge in [0.05, 0.1) is 17.7 Å². The third-order valence-electron chi connectivity index (χ3n) is 2.39.